The van der Waals surface area contributed by atoms with Gasteiger partial charge in [0.05, 0.1) is 6.04 Å². The second-order valence-corrected chi connectivity index (χ2v) is 3.32. The van der Waals surface area contributed by atoms with Gasteiger partial charge in [-0.3, -0.25) is 0 Å². The van der Waals surface area contributed by atoms with Crippen molar-refractivity contribution in [2.24, 2.45) is 0 Å². The normalized spacial score (nSPS) is 37.6. The number of ether oxygens (including phenoxy) is 1. The van der Waals surface area contributed by atoms with Gasteiger partial charge >= 0.3 is 6.09 Å². The molecule has 4 nitrogen and oxygen atoms in total. The highest BCUT2D eigenvalue weighted by Crippen LogP contribution is 2.23. The van der Waals surface area contributed by atoms with E-state index in [-0.39, 0.29) is 18.2 Å². The summed E-state index contributed by atoms with van der Waals surface area (Å²) in [7, 11) is 3.84. The zero-order valence-electron chi connectivity index (χ0n) is 6.78. The summed E-state index contributed by atoms with van der Waals surface area (Å²) >= 11 is 0. The van der Waals surface area contributed by atoms with E-state index in [4.69, 9.17) is 4.74 Å². The van der Waals surface area contributed by atoms with Crippen molar-refractivity contribution in [3.63, 3.8) is 0 Å². The van der Waals surface area contributed by atoms with Crippen LogP contribution in [0.25, 0.3) is 0 Å². The first-order valence-electron chi connectivity index (χ1n) is 3.80. The first kappa shape index (κ1) is 6.91. The molecular formula is C7H12N2O2. The largest absolute Gasteiger partial charge is 0.442 e. The Morgan fingerprint density at radius 2 is 2.18 bits per heavy atom. The molecule has 0 aromatic rings. The molecule has 0 saturated carbocycles. The molecule has 2 saturated heterocycles. The van der Waals surface area contributed by atoms with Crippen molar-refractivity contribution in [2.75, 3.05) is 27.2 Å². The van der Waals surface area contributed by atoms with Crippen molar-refractivity contribution in [2.45, 2.75) is 12.1 Å². The van der Waals surface area contributed by atoms with Gasteiger partial charge in [0.2, 0.25) is 0 Å². The van der Waals surface area contributed by atoms with E-state index in [1.54, 1.807) is 11.9 Å². The number of likely N-dealkylation sites (N-methyl/N-ethyl adjacent to an activating group) is 2. The predicted molar refractivity (Wildman–Crippen MR) is 39.3 cm³/mol. The molecule has 4 heteroatoms. The van der Waals surface area contributed by atoms with Gasteiger partial charge in [-0.05, 0) is 7.05 Å². The predicted octanol–water partition coefficient (Wildman–Crippen LogP) is -0.249. The zero-order chi connectivity index (χ0) is 8.01. The highest BCUT2D eigenvalue weighted by atomic mass is 16.6. The number of hydrogen-bond donors (Lipinski definition) is 0. The molecule has 2 fully saturated rings. The number of hydrogen-bond acceptors (Lipinski definition) is 3. The van der Waals surface area contributed by atoms with Crippen molar-refractivity contribution in [1.82, 2.24) is 9.80 Å². The summed E-state index contributed by atoms with van der Waals surface area (Å²) in [4.78, 5) is 14.8. The molecule has 0 spiro atoms. The number of likely N-dealkylation sites (tertiary alicyclic amines) is 1. The lowest BCUT2D eigenvalue weighted by molar-refractivity contribution is 0.127. The van der Waals surface area contributed by atoms with Gasteiger partial charge in [-0.2, -0.15) is 0 Å². The number of amides is 1. The van der Waals surface area contributed by atoms with E-state index >= 15 is 0 Å². The van der Waals surface area contributed by atoms with E-state index in [1.807, 2.05) is 7.05 Å². The molecule has 0 radical (unpaired) electrons. The van der Waals surface area contributed by atoms with Gasteiger partial charge in [-0.25, -0.2) is 4.79 Å². The summed E-state index contributed by atoms with van der Waals surface area (Å²) in [5.74, 6) is 0. The second-order valence-electron chi connectivity index (χ2n) is 3.32. The molecule has 0 aromatic carbocycles. The molecule has 2 heterocycles. The third-order valence-electron chi connectivity index (χ3n) is 2.46. The number of carbonyl (C=O) groups is 1. The Morgan fingerprint density at radius 1 is 1.45 bits per heavy atom. The first-order chi connectivity index (χ1) is 5.18. The average Bonchev–Trinajstić information content (AvgIpc) is 2.37. The molecule has 62 valence electrons. The lowest BCUT2D eigenvalue weighted by Crippen LogP contribution is -2.33. The van der Waals surface area contributed by atoms with Gasteiger partial charge in [0, 0.05) is 20.1 Å². The number of fused-ring (bicyclic) bond motifs is 1. The molecular weight excluding hydrogens is 144 g/mol. The van der Waals surface area contributed by atoms with Gasteiger partial charge in [0.1, 0.15) is 6.10 Å². The maximum atomic E-state index is 11.0. The van der Waals surface area contributed by atoms with Crippen molar-refractivity contribution in [1.29, 1.82) is 0 Å². The van der Waals surface area contributed by atoms with Crippen molar-refractivity contribution >= 4 is 6.09 Å². The van der Waals surface area contributed by atoms with E-state index < -0.39 is 0 Å². The Balaban J connectivity index is 2.13. The minimum Gasteiger partial charge on any atom is -0.442 e. The summed E-state index contributed by atoms with van der Waals surface area (Å²) in [6.45, 7) is 1.81. The summed E-state index contributed by atoms with van der Waals surface area (Å²) in [5.41, 5.74) is 0. The molecule has 2 aliphatic rings. The second kappa shape index (κ2) is 2.11. The van der Waals surface area contributed by atoms with Gasteiger partial charge in [-0.15, -0.1) is 0 Å². The smallest absolute Gasteiger partial charge is 0.410 e. The summed E-state index contributed by atoms with van der Waals surface area (Å²) in [6.07, 6.45) is -0.0643. The first-order valence-corrected chi connectivity index (χ1v) is 3.80. The lowest BCUT2D eigenvalue weighted by atomic mass is 10.2. The van der Waals surface area contributed by atoms with Gasteiger partial charge < -0.3 is 14.5 Å². The van der Waals surface area contributed by atoms with Crippen LogP contribution in [0.15, 0.2) is 0 Å². The van der Waals surface area contributed by atoms with Gasteiger partial charge in [0.15, 0.2) is 0 Å². The fourth-order valence-corrected chi connectivity index (χ4v) is 1.78. The number of nitrogens with zero attached hydrogens (tertiary/aromatic N) is 2. The summed E-state index contributed by atoms with van der Waals surface area (Å²) < 4.78 is 5.11. The van der Waals surface area contributed by atoms with Crippen LogP contribution in [0.5, 0.6) is 0 Å². The average molecular weight is 156 g/mol. The summed E-state index contributed by atoms with van der Waals surface area (Å²) in [5, 5.41) is 0. The van der Waals surface area contributed by atoms with Crippen LogP contribution < -0.4 is 0 Å². The maximum absolute atomic E-state index is 11.0. The fraction of sp³-hybridized carbons (Fsp3) is 0.857. The topological polar surface area (TPSA) is 32.8 Å². The monoisotopic (exact) mass is 156 g/mol. The highest BCUT2D eigenvalue weighted by molar-refractivity contribution is 5.70. The van der Waals surface area contributed by atoms with Crippen LogP contribution >= 0.6 is 0 Å². The van der Waals surface area contributed by atoms with Crippen LogP contribution in [0.2, 0.25) is 0 Å². The summed E-state index contributed by atoms with van der Waals surface area (Å²) in [6, 6.07) is 0.285. The van der Waals surface area contributed by atoms with Crippen LogP contribution in [0.1, 0.15) is 0 Å². The SMILES string of the molecule is CN1C[C@@H]2OC(=O)N(C)[C@@H]2C1. The molecule has 0 aliphatic carbocycles. The molecule has 0 aromatic heterocycles. The molecule has 11 heavy (non-hydrogen) atoms. The Bertz CT molecular complexity index is 195. The Labute approximate surface area is 65.7 Å². The third kappa shape index (κ3) is 0.894. The van der Waals surface area contributed by atoms with Crippen molar-refractivity contribution < 1.29 is 9.53 Å². The van der Waals surface area contributed by atoms with Crippen molar-refractivity contribution in [3.05, 3.63) is 0 Å². The molecule has 2 aliphatic heterocycles. The van der Waals surface area contributed by atoms with E-state index in [0.29, 0.717) is 0 Å². The molecule has 0 unspecified atom stereocenters. The van der Waals surface area contributed by atoms with Crippen LogP contribution in [-0.2, 0) is 4.74 Å². The number of carbonyl (C=O) groups excluding carboxylic acids is 1. The van der Waals surface area contributed by atoms with E-state index in [0.717, 1.165) is 13.1 Å². The fourth-order valence-electron chi connectivity index (χ4n) is 1.78. The van der Waals surface area contributed by atoms with E-state index in [9.17, 15) is 4.79 Å². The lowest BCUT2D eigenvalue weighted by Gasteiger charge is -2.14. The van der Waals surface area contributed by atoms with Crippen LogP contribution in [0.4, 0.5) is 4.79 Å². The standard InChI is InChI=1S/C7H12N2O2/c1-8-3-5-6(4-8)11-7(10)9(5)2/h5-6H,3-4H2,1-2H3/t5-,6+/m1/s1. The molecule has 1 amide bonds. The van der Waals surface area contributed by atoms with Crippen LogP contribution in [-0.4, -0.2) is 55.2 Å². The minimum absolute atomic E-state index is 0.109. The van der Waals surface area contributed by atoms with E-state index in [1.165, 1.54) is 0 Å². The van der Waals surface area contributed by atoms with E-state index in [2.05, 4.69) is 4.90 Å². The highest BCUT2D eigenvalue weighted by Gasteiger charge is 2.44. The molecule has 0 bridgehead atoms. The maximum Gasteiger partial charge on any atom is 0.410 e. The van der Waals surface area contributed by atoms with Gasteiger partial charge in [-0.1, -0.05) is 0 Å². The van der Waals surface area contributed by atoms with Crippen LogP contribution in [0.3, 0.4) is 0 Å². The van der Waals surface area contributed by atoms with Gasteiger partial charge in [0.25, 0.3) is 0 Å². The Kier molecular flexibility index (Phi) is 1.32. The quantitative estimate of drug-likeness (QED) is 0.485. The Hall–Kier alpha value is -0.770. The van der Waals surface area contributed by atoms with Crippen LogP contribution in [0, 0.1) is 0 Å². The zero-order valence-corrected chi connectivity index (χ0v) is 6.78. The number of rotatable bonds is 0. The molecule has 2 rings (SSSR count). The molecule has 2 atom stereocenters. The van der Waals surface area contributed by atoms with Crippen molar-refractivity contribution in [3.8, 4) is 0 Å². The third-order valence-corrected chi connectivity index (χ3v) is 2.46. The Morgan fingerprint density at radius 3 is 2.82 bits per heavy atom. The minimum atomic E-state index is -0.173. The molecule has 0 N–H and O–H groups in total.